The molecule has 0 fully saturated rings. The third-order valence-electron chi connectivity index (χ3n) is 3.36. The molecule has 22 heavy (non-hydrogen) atoms. The van der Waals surface area contributed by atoms with Gasteiger partial charge in [-0.1, -0.05) is 0 Å². The highest BCUT2D eigenvalue weighted by Crippen LogP contribution is 2.22. The van der Waals surface area contributed by atoms with Crippen LogP contribution in [0.2, 0.25) is 0 Å². The first-order valence-corrected chi connectivity index (χ1v) is 6.87. The van der Waals surface area contributed by atoms with Crippen LogP contribution in [0.25, 0.3) is 11.0 Å². The highest BCUT2D eigenvalue weighted by Gasteiger charge is 2.18. The van der Waals surface area contributed by atoms with Gasteiger partial charge in [0, 0.05) is 24.6 Å². The van der Waals surface area contributed by atoms with Gasteiger partial charge in [0.05, 0.1) is 16.6 Å². The van der Waals surface area contributed by atoms with Crippen molar-refractivity contribution >= 4 is 22.9 Å². The Bertz CT molecular complexity index is 883. The number of anilines is 1. The summed E-state index contributed by atoms with van der Waals surface area (Å²) in [4.78, 5) is 25.3. The van der Waals surface area contributed by atoms with Crippen molar-refractivity contribution < 1.29 is 4.79 Å². The first-order valence-electron chi connectivity index (χ1n) is 6.87. The lowest BCUT2D eigenvalue weighted by Gasteiger charge is -2.07. The fourth-order valence-corrected chi connectivity index (χ4v) is 2.43. The van der Waals surface area contributed by atoms with Crippen molar-refractivity contribution in [2.24, 2.45) is 7.05 Å². The summed E-state index contributed by atoms with van der Waals surface area (Å²) >= 11 is 0. The predicted molar refractivity (Wildman–Crippen MR) is 82.7 cm³/mol. The SMILES string of the molecule is Cc1ccnc(NC(=O)c2cc(C)nc3c2c(C)nn3C)n1. The molecule has 0 unspecified atom stereocenters. The summed E-state index contributed by atoms with van der Waals surface area (Å²) < 4.78 is 1.68. The monoisotopic (exact) mass is 296 g/mol. The minimum Gasteiger partial charge on any atom is -0.290 e. The van der Waals surface area contributed by atoms with Crippen LogP contribution in [0, 0.1) is 20.8 Å². The average molecular weight is 296 g/mol. The second-order valence-electron chi connectivity index (χ2n) is 5.19. The fourth-order valence-electron chi connectivity index (χ4n) is 2.43. The van der Waals surface area contributed by atoms with Crippen LogP contribution in [0.15, 0.2) is 18.3 Å². The van der Waals surface area contributed by atoms with Gasteiger partial charge >= 0.3 is 0 Å². The lowest BCUT2D eigenvalue weighted by atomic mass is 10.1. The third-order valence-corrected chi connectivity index (χ3v) is 3.36. The van der Waals surface area contributed by atoms with E-state index in [2.05, 4.69) is 25.4 Å². The molecular formula is C15H16N6O. The Hall–Kier alpha value is -2.83. The van der Waals surface area contributed by atoms with Crippen molar-refractivity contribution in [1.29, 1.82) is 0 Å². The minimum absolute atomic E-state index is 0.266. The minimum atomic E-state index is -0.266. The molecule has 3 aromatic rings. The van der Waals surface area contributed by atoms with Crippen LogP contribution < -0.4 is 5.32 Å². The molecule has 0 bridgehead atoms. The van der Waals surface area contributed by atoms with Crippen LogP contribution in [0.3, 0.4) is 0 Å². The molecule has 0 atom stereocenters. The lowest BCUT2D eigenvalue weighted by Crippen LogP contribution is -2.15. The molecule has 112 valence electrons. The molecule has 1 N–H and O–H groups in total. The lowest BCUT2D eigenvalue weighted by molar-refractivity contribution is 0.102. The number of carbonyl (C=O) groups is 1. The van der Waals surface area contributed by atoms with E-state index >= 15 is 0 Å². The van der Waals surface area contributed by atoms with Crippen molar-refractivity contribution in [1.82, 2.24) is 24.7 Å². The number of nitrogens with zero attached hydrogens (tertiary/aromatic N) is 5. The normalized spacial score (nSPS) is 10.9. The number of carbonyl (C=O) groups excluding carboxylic acids is 1. The van der Waals surface area contributed by atoms with E-state index in [9.17, 15) is 4.79 Å². The maximum Gasteiger partial charge on any atom is 0.258 e. The Labute approximate surface area is 127 Å². The number of fused-ring (bicyclic) bond motifs is 1. The van der Waals surface area contributed by atoms with Crippen molar-refractivity contribution in [3.63, 3.8) is 0 Å². The summed E-state index contributed by atoms with van der Waals surface area (Å²) in [5, 5.41) is 7.82. The summed E-state index contributed by atoms with van der Waals surface area (Å²) in [5.74, 6) is 0.0198. The second kappa shape index (κ2) is 5.18. The molecule has 0 aliphatic carbocycles. The Kier molecular flexibility index (Phi) is 3.32. The number of amides is 1. The Morgan fingerprint density at radius 1 is 1.18 bits per heavy atom. The maximum atomic E-state index is 12.6. The van der Waals surface area contributed by atoms with E-state index in [-0.39, 0.29) is 11.9 Å². The van der Waals surface area contributed by atoms with Gasteiger partial charge in [0.25, 0.3) is 5.91 Å². The molecule has 0 saturated carbocycles. The van der Waals surface area contributed by atoms with Gasteiger partial charge in [0.2, 0.25) is 5.95 Å². The van der Waals surface area contributed by atoms with Gasteiger partial charge < -0.3 is 0 Å². The van der Waals surface area contributed by atoms with E-state index < -0.39 is 0 Å². The third kappa shape index (κ3) is 2.41. The maximum absolute atomic E-state index is 12.6. The van der Waals surface area contributed by atoms with Crippen molar-refractivity contribution in [3.8, 4) is 0 Å². The number of rotatable bonds is 2. The molecule has 3 heterocycles. The van der Waals surface area contributed by atoms with Gasteiger partial charge in [-0.05, 0) is 32.9 Å². The molecule has 7 heteroatoms. The fraction of sp³-hybridized carbons (Fsp3) is 0.267. The molecule has 3 rings (SSSR count). The van der Waals surface area contributed by atoms with Crippen molar-refractivity contribution in [2.75, 3.05) is 5.32 Å². The zero-order valence-electron chi connectivity index (χ0n) is 12.9. The standard InChI is InChI=1S/C15H16N6O/c1-8-5-6-16-15(18-8)19-14(22)11-7-9(2)17-13-12(11)10(3)20-21(13)4/h5-7H,1-4H3,(H,16,18,19,22). The van der Waals surface area contributed by atoms with Crippen LogP contribution in [0.5, 0.6) is 0 Å². The summed E-state index contributed by atoms with van der Waals surface area (Å²) in [5.41, 5.74) is 3.52. The summed E-state index contributed by atoms with van der Waals surface area (Å²) in [7, 11) is 1.81. The number of hydrogen-bond acceptors (Lipinski definition) is 5. The van der Waals surface area contributed by atoms with Gasteiger partial charge in [0.15, 0.2) is 5.65 Å². The second-order valence-corrected chi connectivity index (χ2v) is 5.19. The highest BCUT2D eigenvalue weighted by molar-refractivity contribution is 6.12. The molecule has 3 aromatic heterocycles. The van der Waals surface area contributed by atoms with E-state index in [1.807, 2.05) is 27.8 Å². The quantitative estimate of drug-likeness (QED) is 0.781. The predicted octanol–water partition coefficient (Wildman–Crippen LogP) is 1.94. The number of aryl methyl sites for hydroxylation is 4. The molecule has 0 aliphatic heterocycles. The molecule has 7 nitrogen and oxygen atoms in total. The van der Waals surface area contributed by atoms with Crippen LogP contribution in [0.1, 0.15) is 27.4 Å². The summed E-state index contributed by atoms with van der Waals surface area (Å²) in [6, 6.07) is 3.53. The number of aromatic nitrogens is 5. The summed E-state index contributed by atoms with van der Waals surface area (Å²) in [6.07, 6.45) is 1.61. The van der Waals surface area contributed by atoms with Gasteiger partial charge in [-0.15, -0.1) is 0 Å². The molecule has 1 amide bonds. The van der Waals surface area contributed by atoms with E-state index in [1.54, 1.807) is 23.0 Å². The van der Waals surface area contributed by atoms with E-state index in [1.165, 1.54) is 0 Å². The number of nitrogens with one attached hydrogen (secondary N) is 1. The Morgan fingerprint density at radius 2 is 1.95 bits per heavy atom. The van der Waals surface area contributed by atoms with E-state index in [0.29, 0.717) is 11.2 Å². The van der Waals surface area contributed by atoms with Crippen LogP contribution in [-0.4, -0.2) is 30.6 Å². The molecule has 0 aliphatic rings. The molecule has 0 aromatic carbocycles. The topological polar surface area (TPSA) is 85.6 Å². The Morgan fingerprint density at radius 3 is 2.68 bits per heavy atom. The number of pyridine rings is 1. The molecular weight excluding hydrogens is 280 g/mol. The van der Waals surface area contributed by atoms with Gasteiger partial charge in [-0.3, -0.25) is 14.8 Å². The van der Waals surface area contributed by atoms with Crippen LogP contribution in [0.4, 0.5) is 5.95 Å². The van der Waals surface area contributed by atoms with Crippen LogP contribution >= 0.6 is 0 Å². The molecule has 0 radical (unpaired) electrons. The number of hydrogen-bond donors (Lipinski definition) is 1. The zero-order valence-corrected chi connectivity index (χ0v) is 12.9. The van der Waals surface area contributed by atoms with Gasteiger partial charge in [-0.2, -0.15) is 5.10 Å². The van der Waals surface area contributed by atoms with E-state index in [0.717, 1.165) is 22.5 Å². The zero-order chi connectivity index (χ0) is 15.9. The van der Waals surface area contributed by atoms with Gasteiger partial charge in [0.1, 0.15) is 0 Å². The first-order chi connectivity index (χ1) is 10.5. The van der Waals surface area contributed by atoms with Crippen molar-refractivity contribution in [2.45, 2.75) is 20.8 Å². The summed E-state index contributed by atoms with van der Waals surface area (Å²) in [6.45, 7) is 5.55. The molecule has 0 spiro atoms. The largest absolute Gasteiger partial charge is 0.290 e. The average Bonchev–Trinajstić information content (AvgIpc) is 2.73. The smallest absolute Gasteiger partial charge is 0.258 e. The Balaban J connectivity index is 2.07. The first kappa shape index (κ1) is 14.1. The molecule has 0 saturated heterocycles. The van der Waals surface area contributed by atoms with E-state index in [4.69, 9.17) is 0 Å². The van der Waals surface area contributed by atoms with Crippen LogP contribution in [-0.2, 0) is 7.05 Å². The highest BCUT2D eigenvalue weighted by atomic mass is 16.1. The van der Waals surface area contributed by atoms with Crippen molar-refractivity contribution in [3.05, 3.63) is 41.0 Å². The van der Waals surface area contributed by atoms with Gasteiger partial charge in [-0.25, -0.2) is 15.0 Å².